The van der Waals surface area contributed by atoms with Gasteiger partial charge in [-0.05, 0) is 0 Å². The summed E-state index contributed by atoms with van der Waals surface area (Å²) in [6.07, 6.45) is -4.62. The lowest BCUT2D eigenvalue weighted by Gasteiger charge is -2.23. The summed E-state index contributed by atoms with van der Waals surface area (Å²) in [6, 6.07) is 0. The lowest BCUT2D eigenvalue weighted by atomic mass is 10.2. The van der Waals surface area contributed by atoms with Gasteiger partial charge in [0.2, 0.25) is 0 Å². The Morgan fingerprint density at radius 3 is 2.13 bits per heavy atom. The Morgan fingerprint density at radius 2 is 1.73 bits per heavy atom. The fraction of sp³-hybridized carbons (Fsp3) is 0.333. The standard InChI is InChI=1S/C6H3Cl2F3N2O2/c7-2-1-12-3(4(8)13-2)5(14,15)6(9,10)11/h1,14-15H. The molecule has 0 bridgehead atoms. The zero-order valence-electron chi connectivity index (χ0n) is 6.76. The van der Waals surface area contributed by atoms with E-state index in [9.17, 15) is 13.2 Å². The Hall–Kier alpha value is -0.630. The van der Waals surface area contributed by atoms with Crippen LogP contribution < -0.4 is 0 Å². The van der Waals surface area contributed by atoms with Crippen molar-refractivity contribution in [1.29, 1.82) is 0 Å². The third kappa shape index (κ3) is 2.31. The van der Waals surface area contributed by atoms with E-state index in [1.54, 1.807) is 0 Å². The van der Waals surface area contributed by atoms with Crippen LogP contribution in [0, 0.1) is 0 Å². The summed E-state index contributed by atoms with van der Waals surface area (Å²) in [7, 11) is 0. The molecule has 1 rings (SSSR count). The van der Waals surface area contributed by atoms with Crippen molar-refractivity contribution < 1.29 is 23.4 Å². The third-order valence-corrected chi connectivity index (χ3v) is 1.87. The van der Waals surface area contributed by atoms with Gasteiger partial charge in [0.1, 0.15) is 10.8 Å². The first-order chi connectivity index (χ1) is 6.66. The van der Waals surface area contributed by atoms with Gasteiger partial charge < -0.3 is 10.2 Å². The molecule has 15 heavy (non-hydrogen) atoms. The molecule has 0 radical (unpaired) electrons. The first kappa shape index (κ1) is 12.4. The van der Waals surface area contributed by atoms with E-state index in [-0.39, 0.29) is 5.15 Å². The molecule has 1 aromatic heterocycles. The molecule has 9 heteroatoms. The quantitative estimate of drug-likeness (QED) is 0.753. The fourth-order valence-corrected chi connectivity index (χ4v) is 1.16. The molecule has 84 valence electrons. The number of halogens is 5. The molecule has 0 unspecified atom stereocenters. The van der Waals surface area contributed by atoms with Gasteiger partial charge in [-0.2, -0.15) is 13.2 Å². The van der Waals surface area contributed by atoms with Gasteiger partial charge in [0.15, 0.2) is 5.15 Å². The summed E-state index contributed by atoms with van der Waals surface area (Å²) in [4.78, 5) is 6.27. The Labute approximate surface area is 91.3 Å². The first-order valence-electron chi connectivity index (χ1n) is 3.36. The van der Waals surface area contributed by atoms with Crippen LogP contribution in [0.3, 0.4) is 0 Å². The van der Waals surface area contributed by atoms with Gasteiger partial charge in [-0.25, -0.2) is 9.97 Å². The van der Waals surface area contributed by atoms with E-state index in [1.807, 2.05) is 0 Å². The molecule has 0 amide bonds. The zero-order valence-corrected chi connectivity index (χ0v) is 8.27. The second-order valence-electron chi connectivity index (χ2n) is 2.50. The van der Waals surface area contributed by atoms with Crippen molar-refractivity contribution in [3.8, 4) is 0 Å². The molecule has 0 spiro atoms. The van der Waals surface area contributed by atoms with Crippen molar-refractivity contribution in [3.63, 3.8) is 0 Å². The Bertz CT molecular complexity index is 383. The SMILES string of the molecule is OC(O)(c1ncc(Cl)nc1Cl)C(F)(F)F. The molecule has 0 saturated heterocycles. The van der Waals surface area contributed by atoms with E-state index in [2.05, 4.69) is 9.97 Å². The van der Waals surface area contributed by atoms with Crippen molar-refractivity contribution >= 4 is 23.2 Å². The van der Waals surface area contributed by atoms with Crippen LogP contribution in [-0.2, 0) is 5.79 Å². The van der Waals surface area contributed by atoms with Crippen molar-refractivity contribution in [2.45, 2.75) is 12.0 Å². The van der Waals surface area contributed by atoms with Crippen molar-refractivity contribution in [3.05, 3.63) is 22.2 Å². The molecule has 4 nitrogen and oxygen atoms in total. The molecule has 2 N–H and O–H groups in total. The molecule has 1 aromatic rings. The minimum absolute atomic E-state index is 0.262. The first-order valence-corrected chi connectivity index (χ1v) is 4.12. The highest BCUT2D eigenvalue weighted by atomic mass is 35.5. The van der Waals surface area contributed by atoms with E-state index in [4.69, 9.17) is 33.4 Å². The molecular weight excluding hydrogens is 260 g/mol. The number of alkyl halides is 3. The topological polar surface area (TPSA) is 66.2 Å². The van der Waals surface area contributed by atoms with Crippen LogP contribution in [0.4, 0.5) is 13.2 Å². The maximum absolute atomic E-state index is 12.1. The van der Waals surface area contributed by atoms with Gasteiger partial charge >= 0.3 is 12.0 Å². The number of aromatic nitrogens is 2. The second-order valence-corrected chi connectivity index (χ2v) is 3.25. The maximum Gasteiger partial charge on any atom is 0.449 e. The minimum Gasteiger partial charge on any atom is -0.354 e. The summed E-state index contributed by atoms with van der Waals surface area (Å²) in [5.41, 5.74) is -1.22. The number of aliphatic hydroxyl groups is 2. The largest absolute Gasteiger partial charge is 0.449 e. The summed E-state index contributed by atoms with van der Waals surface area (Å²) >= 11 is 10.5. The van der Waals surface area contributed by atoms with E-state index in [1.165, 1.54) is 0 Å². The molecular formula is C6H3Cl2F3N2O2. The Kier molecular flexibility index (Phi) is 3.11. The number of hydrogen-bond donors (Lipinski definition) is 2. The molecule has 0 aliphatic heterocycles. The lowest BCUT2D eigenvalue weighted by molar-refractivity contribution is -0.360. The third-order valence-electron chi connectivity index (χ3n) is 1.43. The molecule has 0 aliphatic rings. The highest BCUT2D eigenvalue weighted by Crippen LogP contribution is 2.37. The summed E-state index contributed by atoms with van der Waals surface area (Å²) in [6.45, 7) is 0. The average molecular weight is 263 g/mol. The van der Waals surface area contributed by atoms with E-state index in [0.717, 1.165) is 6.20 Å². The smallest absolute Gasteiger partial charge is 0.354 e. The summed E-state index contributed by atoms with van der Waals surface area (Å²) in [5.74, 6) is -4.15. The van der Waals surface area contributed by atoms with Gasteiger partial charge in [0.05, 0.1) is 6.20 Å². The molecule has 0 aliphatic carbocycles. The zero-order chi connectivity index (χ0) is 11.9. The van der Waals surface area contributed by atoms with Crippen LogP contribution in [0.15, 0.2) is 6.20 Å². The lowest BCUT2D eigenvalue weighted by Crippen LogP contribution is -2.43. The van der Waals surface area contributed by atoms with Crippen molar-refractivity contribution in [2.75, 3.05) is 0 Å². The van der Waals surface area contributed by atoms with Crippen molar-refractivity contribution in [1.82, 2.24) is 9.97 Å². The fourth-order valence-electron chi connectivity index (χ4n) is 0.715. The molecule has 0 saturated carbocycles. The van der Waals surface area contributed by atoms with Crippen LogP contribution in [-0.4, -0.2) is 26.4 Å². The highest BCUT2D eigenvalue weighted by molar-refractivity contribution is 6.32. The summed E-state index contributed by atoms with van der Waals surface area (Å²) < 4.78 is 36.4. The maximum atomic E-state index is 12.1. The molecule has 0 aromatic carbocycles. The molecule has 0 atom stereocenters. The van der Waals surface area contributed by atoms with Crippen LogP contribution in [0.1, 0.15) is 5.69 Å². The molecule has 1 heterocycles. The van der Waals surface area contributed by atoms with Crippen LogP contribution >= 0.6 is 23.2 Å². The van der Waals surface area contributed by atoms with E-state index >= 15 is 0 Å². The number of rotatable bonds is 1. The monoisotopic (exact) mass is 262 g/mol. The van der Waals surface area contributed by atoms with Gasteiger partial charge in [-0.3, -0.25) is 0 Å². The number of nitrogens with zero attached hydrogens (tertiary/aromatic N) is 2. The van der Waals surface area contributed by atoms with Gasteiger partial charge in [0.25, 0.3) is 0 Å². The minimum atomic E-state index is -5.33. The van der Waals surface area contributed by atoms with E-state index < -0.39 is 22.8 Å². The normalized spacial score (nSPS) is 13.0. The van der Waals surface area contributed by atoms with Gasteiger partial charge in [-0.1, -0.05) is 23.2 Å². The average Bonchev–Trinajstić information content (AvgIpc) is 2.00. The van der Waals surface area contributed by atoms with Crippen LogP contribution in [0.2, 0.25) is 10.3 Å². The predicted octanol–water partition coefficient (Wildman–Crippen LogP) is 1.48. The number of hydrogen-bond acceptors (Lipinski definition) is 4. The predicted molar refractivity (Wildman–Crippen MR) is 44.2 cm³/mol. The van der Waals surface area contributed by atoms with Crippen LogP contribution in [0.25, 0.3) is 0 Å². The van der Waals surface area contributed by atoms with Gasteiger partial charge in [-0.15, -0.1) is 0 Å². The van der Waals surface area contributed by atoms with Crippen molar-refractivity contribution in [2.24, 2.45) is 0 Å². The molecule has 0 fully saturated rings. The second kappa shape index (κ2) is 3.75. The Morgan fingerprint density at radius 1 is 1.20 bits per heavy atom. The van der Waals surface area contributed by atoms with Gasteiger partial charge in [0, 0.05) is 0 Å². The van der Waals surface area contributed by atoms with E-state index in [0.29, 0.717) is 0 Å². The Balaban J connectivity index is 3.28. The van der Waals surface area contributed by atoms with Crippen LogP contribution in [0.5, 0.6) is 0 Å². The summed E-state index contributed by atoms with van der Waals surface area (Å²) in [5, 5.41) is 16.5. The highest BCUT2D eigenvalue weighted by Gasteiger charge is 2.56.